The Hall–Kier alpha value is -1.46. The second-order valence-electron chi connectivity index (χ2n) is 8.01. The van der Waals surface area contributed by atoms with Gasteiger partial charge in [-0.3, -0.25) is 0 Å². The van der Waals surface area contributed by atoms with Crippen LogP contribution in [0.2, 0.25) is 0 Å². The van der Waals surface area contributed by atoms with E-state index in [1.807, 2.05) is 6.08 Å². The SMILES string of the molecule is C#C/C=C\c1c(C)[nH]c2c1CCNCC(C)C[C@@H](C)CC2(C)C. The van der Waals surface area contributed by atoms with E-state index >= 15 is 0 Å². The minimum atomic E-state index is 0.159. The first kappa shape index (κ1) is 17.9. The van der Waals surface area contributed by atoms with E-state index in [4.69, 9.17) is 6.42 Å². The van der Waals surface area contributed by atoms with Gasteiger partial charge in [0.1, 0.15) is 0 Å². The van der Waals surface area contributed by atoms with Crippen LogP contribution < -0.4 is 5.32 Å². The fourth-order valence-corrected chi connectivity index (χ4v) is 4.27. The zero-order chi connectivity index (χ0) is 17.0. The molecule has 0 saturated carbocycles. The zero-order valence-corrected chi connectivity index (χ0v) is 15.4. The molecular formula is C21H32N2. The van der Waals surface area contributed by atoms with E-state index < -0.39 is 0 Å². The Morgan fingerprint density at radius 2 is 2.00 bits per heavy atom. The van der Waals surface area contributed by atoms with E-state index in [1.54, 1.807) is 0 Å². The van der Waals surface area contributed by atoms with Crippen molar-refractivity contribution in [3.8, 4) is 12.3 Å². The van der Waals surface area contributed by atoms with Crippen molar-refractivity contribution >= 4 is 6.08 Å². The van der Waals surface area contributed by atoms with E-state index in [9.17, 15) is 0 Å². The van der Waals surface area contributed by atoms with Crippen LogP contribution in [0.3, 0.4) is 0 Å². The predicted molar refractivity (Wildman–Crippen MR) is 101 cm³/mol. The minimum Gasteiger partial charge on any atom is -0.361 e. The Labute approximate surface area is 142 Å². The van der Waals surface area contributed by atoms with E-state index in [0.717, 1.165) is 31.3 Å². The fraction of sp³-hybridized carbons (Fsp3) is 0.619. The fourth-order valence-electron chi connectivity index (χ4n) is 4.27. The Balaban J connectivity index is 2.45. The molecule has 1 aromatic rings. The molecule has 0 aromatic carbocycles. The lowest BCUT2D eigenvalue weighted by Crippen LogP contribution is -2.24. The smallest absolute Gasteiger partial charge is 0.0245 e. The van der Waals surface area contributed by atoms with E-state index in [1.165, 1.54) is 35.4 Å². The maximum Gasteiger partial charge on any atom is 0.0245 e. The highest BCUT2D eigenvalue weighted by Crippen LogP contribution is 2.37. The number of aromatic nitrogens is 1. The topological polar surface area (TPSA) is 27.8 Å². The molecule has 1 unspecified atom stereocenters. The average molecular weight is 313 g/mol. The normalized spacial score (nSPS) is 25.6. The number of hydrogen-bond acceptors (Lipinski definition) is 1. The van der Waals surface area contributed by atoms with Crippen LogP contribution in [0, 0.1) is 31.1 Å². The molecule has 1 aliphatic heterocycles. The number of nitrogens with one attached hydrogen (secondary N) is 2. The molecule has 0 saturated heterocycles. The Bertz CT molecular complexity index is 598. The van der Waals surface area contributed by atoms with Crippen molar-refractivity contribution in [2.45, 2.75) is 59.3 Å². The molecule has 23 heavy (non-hydrogen) atoms. The maximum absolute atomic E-state index is 5.42. The van der Waals surface area contributed by atoms with Gasteiger partial charge in [-0.15, -0.1) is 6.42 Å². The summed E-state index contributed by atoms with van der Waals surface area (Å²) < 4.78 is 0. The van der Waals surface area contributed by atoms with Crippen LogP contribution in [0.4, 0.5) is 0 Å². The highest BCUT2D eigenvalue weighted by atomic mass is 14.9. The molecule has 0 aliphatic carbocycles. The largest absolute Gasteiger partial charge is 0.361 e. The third kappa shape index (κ3) is 4.30. The highest BCUT2D eigenvalue weighted by Gasteiger charge is 2.30. The van der Waals surface area contributed by atoms with Gasteiger partial charge in [0.2, 0.25) is 0 Å². The van der Waals surface area contributed by atoms with Crippen molar-refractivity contribution in [2.75, 3.05) is 13.1 Å². The van der Waals surface area contributed by atoms with Crippen LogP contribution in [0.1, 0.15) is 63.1 Å². The molecule has 2 rings (SSSR count). The van der Waals surface area contributed by atoms with E-state index in [0.29, 0.717) is 0 Å². The summed E-state index contributed by atoms with van der Waals surface area (Å²) in [6, 6.07) is 0. The van der Waals surface area contributed by atoms with Gasteiger partial charge in [-0.1, -0.05) is 33.6 Å². The number of allylic oxidation sites excluding steroid dienone is 1. The summed E-state index contributed by atoms with van der Waals surface area (Å²) in [6.07, 6.45) is 12.9. The van der Waals surface area contributed by atoms with Crippen molar-refractivity contribution in [3.63, 3.8) is 0 Å². The number of aromatic amines is 1. The van der Waals surface area contributed by atoms with Gasteiger partial charge in [-0.25, -0.2) is 0 Å². The first-order valence-electron chi connectivity index (χ1n) is 8.90. The molecule has 2 N–H and O–H groups in total. The summed E-state index contributed by atoms with van der Waals surface area (Å²) in [7, 11) is 0. The van der Waals surface area contributed by atoms with Crippen LogP contribution in [0.15, 0.2) is 6.08 Å². The zero-order valence-electron chi connectivity index (χ0n) is 15.4. The lowest BCUT2D eigenvalue weighted by Gasteiger charge is -2.29. The summed E-state index contributed by atoms with van der Waals surface area (Å²) in [5.41, 5.74) is 5.51. The lowest BCUT2D eigenvalue weighted by atomic mass is 9.76. The summed E-state index contributed by atoms with van der Waals surface area (Å²) in [6.45, 7) is 13.8. The van der Waals surface area contributed by atoms with Crippen molar-refractivity contribution < 1.29 is 0 Å². The van der Waals surface area contributed by atoms with Gasteiger partial charge in [0.25, 0.3) is 0 Å². The molecule has 0 bridgehead atoms. The van der Waals surface area contributed by atoms with Gasteiger partial charge in [0, 0.05) is 16.8 Å². The Morgan fingerprint density at radius 3 is 2.70 bits per heavy atom. The molecule has 0 spiro atoms. The van der Waals surface area contributed by atoms with Crippen LogP contribution in [-0.2, 0) is 11.8 Å². The molecule has 2 atom stereocenters. The van der Waals surface area contributed by atoms with Crippen molar-refractivity contribution in [1.29, 1.82) is 0 Å². The Kier molecular flexibility index (Phi) is 5.76. The van der Waals surface area contributed by atoms with Gasteiger partial charge in [0.15, 0.2) is 0 Å². The van der Waals surface area contributed by atoms with Crippen LogP contribution in [0.5, 0.6) is 0 Å². The predicted octanol–water partition coefficient (Wildman–Crippen LogP) is 4.45. The standard InChI is InChI=1S/C21H32N2/c1-7-8-9-18-17(4)23-20-19(18)10-11-22-14-16(3)12-15(2)13-21(20,5)6/h1,8-9,15-16,22-23H,10-14H2,2-6H3/b9-8-/t15-,16?/m1/s1. The van der Waals surface area contributed by atoms with Gasteiger partial charge in [-0.05, 0) is 74.4 Å². The first-order valence-corrected chi connectivity index (χ1v) is 8.90. The number of fused-ring (bicyclic) bond motifs is 1. The third-order valence-corrected chi connectivity index (χ3v) is 5.07. The molecule has 0 fully saturated rings. The number of rotatable bonds is 1. The van der Waals surface area contributed by atoms with Crippen LogP contribution >= 0.6 is 0 Å². The summed E-state index contributed by atoms with van der Waals surface area (Å²) >= 11 is 0. The molecule has 0 amide bonds. The first-order chi connectivity index (χ1) is 10.8. The Morgan fingerprint density at radius 1 is 1.26 bits per heavy atom. The molecule has 1 aromatic heterocycles. The van der Waals surface area contributed by atoms with Gasteiger partial charge in [0.05, 0.1) is 0 Å². The molecule has 126 valence electrons. The lowest BCUT2D eigenvalue weighted by molar-refractivity contribution is 0.316. The number of terminal acetylenes is 1. The van der Waals surface area contributed by atoms with Crippen molar-refractivity contribution in [1.82, 2.24) is 10.3 Å². The number of H-pyrrole nitrogens is 1. The molecule has 1 aliphatic rings. The summed E-state index contributed by atoms with van der Waals surface area (Å²) in [5, 5.41) is 3.64. The molecule has 0 radical (unpaired) electrons. The maximum atomic E-state index is 5.42. The minimum absolute atomic E-state index is 0.159. The van der Waals surface area contributed by atoms with Gasteiger partial charge < -0.3 is 10.3 Å². The van der Waals surface area contributed by atoms with Crippen molar-refractivity contribution in [2.24, 2.45) is 11.8 Å². The van der Waals surface area contributed by atoms with Crippen molar-refractivity contribution in [3.05, 3.63) is 28.6 Å². The quantitative estimate of drug-likeness (QED) is 0.737. The second-order valence-corrected chi connectivity index (χ2v) is 8.01. The average Bonchev–Trinajstić information content (AvgIpc) is 2.76. The van der Waals surface area contributed by atoms with Crippen LogP contribution in [-0.4, -0.2) is 18.1 Å². The summed E-state index contributed by atoms with van der Waals surface area (Å²) in [4.78, 5) is 3.68. The second kappa shape index (κ2) is 7.41. The molecule has 2 heteroatoms. The van der Waals surface area contributed by atoms with E-state index in [-0.39, 0.29) is 5.41 Å². The number of hydrogen-bond donors (Lipinski definition) is 2. The molecule has 2 nitrogen and oxygen atoms in total. The molecule has 2 heterocycles. The van der Waals surface area contributed by atoms with Gasteiger partial charge >= 0.3 is 0 Å². The highest BCUT2D eigenvalue weighted by molar-refractivity contribution is 5.61. The van der Waals surface area contributed by atoms with Crippen LogP contribution in [0.25, 0.3) is 6.08 Å². The summed E-state index contributed by atoms with van der Waals surface area (Å²) in [5.74, 6) is 4.08. The third-order valence-electron chi connectivity index (χ3n) is 5.07. The number of aryl methyl sites for hydroxylation is 1. The van der Waals surface area contributed by atoms with E-state index in [2.05, 4.69) is 56.9 Å². The van der Waals surface area contributed by atoms with Gasteiger partial charge in [-0.2, -0.15) is 0 Å². The monoisotopic (exact) mass is 312 g/mol. The molecular weight excluding hydrogens is 280 g/mol.